The lowest BCUT2D eigenvalue weighted by Gasteiger charge is -2.17. The third-order valence-corrected chi connectivity index (χ3v) is 5.34. The third-order valence-electron chi connectivity index (χ3n) is 5.34. The summed E-state index contributed by atoms with van der Waals surface area (Å²) >= 11 is 0. The van der Waals surface area contributed by atoms with E-state index in [4.69, 9.17) is 4.74 Å². The highest BCUT2D eigenvalue weighted by Crippen LogP contribution is 2.31. The summed E-state index contributed by atoms with van der Waals surface area (Å²) in [5, 5.41) is 22.2. The van der Waals surface area contributed by atoms with Crippen LogP contribution in [0.2, 0.25) is 0 Å². The molecule has 11 heteroatoms. The zero-order chi connectivity index (χ0) is 25.2. The Hall–Kier alpha value is -3.96. The number of benzene rings is 2. The average molecular weight is 486 g/mol. The fourth-order valence-corrected chi connectivity index (χ4v) is 3.53. The fourth-order valence-electron chi connectivity index (χ4n) is 3.53. The van der Waals surface area contributed by atoms with Crippen LogP contribution in [0.3, 0.4) is 0 Å². The van der Waals surface area contributed by atoms with Crippen LogP contribution in [-0.2, 0) is 6.18 Å². The number of aliphatic hydroxyl groups excluding tert-OH is 2. The van der Waals surface area contributed by atoms with Gasteiger partial charge in [0.25, 0.3) is 5.56 Å². The molecule has 0 bridgehead atoms. The molecule has 2 aromatic carbocycles. The topological polar surface area (TPSA) is 110 Å². The number of fused-ring (bicyclic) bond motifs is 1. The van der Waals surface area contributed by atoms with Crippen molar-refractivity contribution in [2.45, 2.75) is 12.2 Å². The average Bonchev–Trinajstić information content (AvgIpc) is 2.86. The molecule has 0 saturated carbocycles. The predicted molar refractivity (Wildman–Crippen MR) is 124 cm³/mol. The monoisotopic (exact) mass is 486 g/mol. The number of nitrogens with one attached hydrogen (secondary N) is 1. The molecule has 0 atom stereocenters. The second kappa shape index (κ2) is 9.72. The molecular formula is C24H21F3N4O4. The summed E-state index contributed by atoms with van der Waals surface area (Å²) in [4.78, 5) is 21.8. The van der Waals surface area contributed by atoms with E-state index < -0.39 is 36.6 Å². The lowest BCUT2D eigenvalue weighted by atomic mass is 10.1. The van der Waals surface area contributed by atoms with Crippen molar-refractivity contribution < 1.29 is 28.1 Å². The SMILES string of the molecule is COc1ccc(-c2nc(NC(CO)CO)nc3c2ccc(=O)n3-c2ccc(C(F)(F)F)cc2)cc1. The van der Waals surface area contributed by atoms with Crippen LogP contribution in [-0.4, -0.2) is 51.1 Å². The molecule has 0 amide bonds. The number of hydrogen-bond donors (Lipinski definition) is 3. The Balaban J connectivity index is 1.96. The molecule has 2 heterocycles. The van der Waals surface area contributed by atoms with Gasteiger partial charge in [0.05, 0.1) is 43.3 Å². The Bertz CT molecular complexity index is 1380. The maximum Gasteiger partial charge on any atom is 0.416 e. The highest BCUT2D eigenvalue weighted by Gasteiger charge is 2.30. The number of aliphatic hydroxyl groups is 2. The van der Waals surface area contributed by atoms with Crippen molar-refractivity contribution in [2.24, 2.45) is 0 Å². The summed E-state index contributed by atoms with van der Waals surface area (Å²) in [6.07, 6.45) is -4.52. The van der Waals surface area contributed by atoms with Gasteiger partial charge in [-0.15, -0.1) is 0 Å². The lowest BCUT2D eigenvalue weighted by molar-refractivity contribution is -0.137. The van der Waals surface area contributed by atoms with Crippen LogP contribution in [0, 0.1) is 0 Å². The largest absolute Gasteiger partial charge is 0.497 e. The first kappa shape index (κ1) is 24.2. The van der Waals surface area contributed by atoms with Crippen LogP contribution in [0.4, 0.5) is 19.1 Å². The number of pyridine rings is 1. The third kappa shape index (κ3) is 4.96. The number of halogens is 3. The summed E-state index contributed by atoms with van der Waals surface area (Å²) in [6, 6.07) is 13.2. The molecule has 4 aromatic rings. The van der Waals surface area contributed by atoms with Gasteiger partial charge in [-0.3, -0.25) is 9.36 Å². The van der Waals surface area contributed by atoms with E-state index in [1.165, 1.54) is 35.9 Å². The van der Waals surface area contributed by atoms with Crippen LogP contribution in [0.25, 0.3) is 28.0 Å². The molecule has 0 unspecified atom stereocenters. The number of nitrogens with zero attached hydrogens (tertiary/aromatic N) is 3. The smallest absolute Gasteiger partial charge is 0.416 e. The van der Waals surface area contributed by atoms with Crippen LogP contribution in [0.5, 0.6) is 5.75 Å². The normalized spacial score (nSPS) is 11.7. The Labute approximate surface area is 197 Å². The Morgan fingerprint density at radius 2 is 1.63 bits per heavy atom. The van der Waals surface area contributed by atoms with E-state index in [0.717, 1.165) is 12.1 Å². The zero-order valence-corrected chi connectivity index (χ0v) is 18.5. The van der Waals surface area contributed by atoms with E-state index >= 15 is 0 Å². The number of anilines is 1. The zero-order valence-electron chi connectivity index (χ0n) is 18.5. The van der Waals surface area contributed by atoms with E-state index in [1.807, 2.05) is 0 Å². The van der Waals surface area contributed by atoms with Crippen molar-refractivity contribution in [3.05, 3.63) is 76.6 Å². The first-order chi connectivity index (χ1) is 16.7. The maximum absolute atomic E-state index is 13.0. The van der Waals surface area contributed by atoms with Gasteiger partial charge >= 0.3 is 6.18 Å². The number of rotatable bonds is 7. The number of aromatic nitrogens is 3. The van der Waals surface area contributed by atoms with Crippen molar-refractivity contribution in [2.75, 3.05) is 25.6 Å². The van der Waals surface area contributed by atoms with Gasteiger partial charge in [-0.25, -0.2) is 4.98 Å². The second-order valence-electron chi connectivity index (χ2n) is 7.62. The predicted octanol–water partition coefficient (Wildman–Crippen LogP) is 3.24. The molecule has 0 aliphatic carbocycles. The van der Waals surface area contributed by atoms with Gasteiger partial charge in [-0.2, -0.15) is 18.2 Å². The molecule has 8 nitrogen and oxygen atoms in total. The van der Waals surface area contributed by atoms with Gasteiger partial charge in [0.1, 0.15) is 5.75 Å². The summed E-state index contributed by atoms with van der Waals surface area (Å²) in [7, 11) is 1.53. The highest BCUT2D eigenvalue weighted by atomic mass is 19.4. The van der Waals surface area contributed by atoms with E-state index in [1.54, 1.807) is 24.3 Å². The van der Waals surface area contributed by atoms with Crippen molar-refractivity contribution in [3.8, 4) is 22.7 Å². The summed E-state index contributed by atoms with van der Waals surface area (Å²) in [5.41, 5.74) is 0.0384. The van der Waals surface area contributed by atoms with E-state index in [0.29, 0.717) is 22.4 Å². The van der Waals surface area contributed by atoms with Crippen molar-refractivity contribution in [1.29, 1.82) is 0 Å². The molecule has 0 radical (unpaired) electrons. The van der Waals surface area contributed by atoms with E-state index in [9.17, 15) is 28.2 Å². The number of alkyl halides is 3. The van der Waals surface area contributed by atoms with Crippen molar-refractivity contribution in [3.63, 3.8) is 0 Å². The molecular weight excluding hydrogens is 465 g/mol. The van der Waals surface area contributed by atoms with Gasteiger partial charge in [-0.05, 0) is 54.6 Å². The summed E-state index contributed by atoms with van der Waals surface area (Å²) in [5.74, 6) is 0.635. The van der Waals surface area contributed by atoms with Gasteiger partial charge in [0.2, 0.25) is 5.95 Å². The standard InChI is InChI=1S/C24H21F3N4O4/c1-35-18-8-2-14(3-9-18)21-19-10-11-20(34)31(17-6-4-15(5-7-17)24(25,26)27)22(19)30-23(29-21)28-16(12-32)13-33/h2-11,16,32-33H,12-13H2,1H3,(H,28,29,30). The Morgan fingerprint density at radius 1 is 0.971 bits per heavy atom. The van der Waals surface area contributed by atoms with E-state index in [-0.39, 0.29) is 17.3 Å². The number of ether oxygens (including phenoxy) is 1. The number of methoxy groups -OCH3 is 1. The first-order valence-corrected chi connectivity index (χ1v) is 10.5. The van der Waals surface area contributed by atoms with Crippen LogP contribution < -0.4 is 15.6 Å². The molecule has 0 aliphatic rings. The van der Waals surface area contributed by atoms with Crippen LogP contribution >= 0.6 is 0 Å². The molecule has 0 spiro atoms. The van der Waals surface area contributed by atoms with Crippen LogP contribution in [0.15, 0.2) is 65.5 Å². The molecule has 0 fully saturated rings. The van der Waals surface area contributed by atoms with E-state index in [2.05, 4.69) is 15.3 Å². The molecule has 0 aliphatic heterocycles. The maximum atomic E-state index is 13.0. The first-order valence-electron chi connectivity index (χ1n) is 10.5. The molecule has 0 saturated heterocycles. The molecule has 4 rings (SSSR count). The van der Waals surface area contributed by atoms with Gasteiger partial charge < -0.3 is 20.3 Å². The van der Waals surface area contributed by atoms with Crippen LogP contribution in [0.1, 0.15) is 5.56 Å². The molecule has 35 heavy (non-hydrogen) atoms. The molecule has 182 valence electrons. The second-order valence-corrected chi connectivity index (χ2v) is 7.62. The van der Waals surface area contributed by atoms with Gasteiger partial charge in [0, 0.05) is 17.0 Å². The summed E-state index contributed by atoms with van der Waals surface area (Å²) in [6.45, 7) is -0.813. The number of hydrogen-bond acceptors (Lipinski definition) is 7. The minimum absolute atomic E-state index is 0.0164. The Kier molecular flexibility index (Phi) is 6.72. The highest BCUT2D eigenvalue weighted by molar-refractivity contribution is 5.92. The van der Waals surface area contributed by atoms with Crippen molar-refractivity contribution in [1.82, 2.24) is 14.5 Å². The fraction of sp³-hybridized carbons (Fsp3) is 0.208. The van der Waals surface area contributed by atoms with Crippen molar-refractivity contribution >= 4 is 17.0 Å². The quantitative estimate of drug-likeness (QED) is 0.368. The minimum atomic E-state index is -4.52. The molecule has 2 aromatic heterocycles. The minimum Gasteiger partial charge on any atom is -0.497 e. The Morgan fingerprint density at radius 3 is 2.20 bits per heavy atom. The summed E-state index contributed by atoms with van der Waals surface area (Å²) < 4.78 is 45.5. The lowest BCUT2D eigenvalue weighted by Crippen LogP contribution is -2.29. The molecule has 3 N–H and O–H groups in total. The van der Waals surface area contributed by atoms with Gasteiger partial charge in [0.15, 0.2) is 5.65 Å². The van der Waals surface area contributed by atoms with Gasteiger partial charge in [-0.1, -0.05) is 0 Å².